The number of carbonyl (C=O) groups excluding carboxylic acids is 2. The van der Waals surface area contributed by atoms with Crippen molar-refractivity contribution in [3.05, 3.63) is 97.2 Å². The van der Waals surface area contributed by atoms with Crippen LogP contribution in [0.3, 0.4) is 0 Å². The second-order valence-electron chi connectivity index (χ2n) is 17.2. The van der Waals surface area contributed by atoms with Gasteiger partial charge >= 0.3 is 5.97 Å². The summed E-state index contributed by atoms with van der Waals surface area (Å²) in [7, 11) is 0. The van der Waals surface area contributed by atoms with Crippen molar-refractivity contribution in [2.24, 2.45) is 0 Å². The van der Waals surface area contributed by atoms with Gasteiger partial charge in [0.15, 0.2) is 0 Å². The van der Waals surface area contributed by atoms with Crippen molar-refractivity contribution in [3.63, 3.8) is 0 Å². The second kappa shape index (κ2) is 49.8. The number of hydrogen-bond acceptors (Lipinski definition) is 5. The largest absolute Gasteiger partial charge is 0.462 e. The van der Waals surface area contributed by atoms with Gasteiger partial charge in [-0.25, -0.2) is 0 Å². The highest BCUT2D eigenvalue weighted by Crippen LogP contribution is 2.17. The van der Waals surface area contributed by atoms with Crippen molar-refractivity contribution in [2.45, 2.75) is 244 Å². The van der Waals surface area contributed by atoms with Crippen LogP contribution in [0.1, 0.15) is 226 Å². The molecule has 0 aromatic rings. The van der Waals surface area contributed by atoms with Crippen LogP contribution in [0.25, 0.3) is 0 Å². The van der Waals surface area contributed by atoms with Gasteiger partial charge in [0.25, 0.3) is 0 Å². The molecule has 3 unspecified atom stereocenters. The number of aliphatic hydroxyl groups is 2. The van der Waals surface area contributed by atoms with Crippen LogP contribution in [0.15, 0.2) is 97.2 Å². The van der Waals surface area contributed by atoms with Gasteiger partial charge in [0.2, 0.25) is 5.91 Å². The minimum Gasteiger partial charge on any atom is -0.462 e. The van der Waals surface area contributed by atoms with E-state index in [4.69, 9.17) is 4.74 Å². The molecule has 0 aromatic carbocycles. The molecule has 6 nitrogen and oxygen atoms in total. The second-order valence-corrected chi connectivity index (χ2v) is 17.2. The summed E-state index contributed by atoms with van der Waals surface area (Å²) in [5.41, 5.74) is 0. The fourth-order valence-corrected chi connectivity index (χ4v) is 7.34. The molecule has 0 aromatic heterocycles. The lowest BCUT2D eigenvalue weighted by Crippen LogP contribution is -2.46. The smallest absolute Gasteiger partial charge is 0.306 e. The Labute approximate surface area is 388 Å². The summed E-state index contributed by atoms with van der Waals surface area (Å²) in [6.07, 6.45) is 66.1. The summed E-state index contributed by atoms with van der Waals surface area (Å²) < 4.78 is 5.90. The van der Waals surface area contributed by atoms with Gasteiger partial charge in [-0.05, 0) is 89.9 Å². The third kappa shape index (κ3) is 45.2. The minimum absolute atomic E-state index is 0.0356. The van der Waals surface area contributed by atoms with Crippen molar-refractivity contribution in [2.75, 3.05) is 6.61 Å². The molecule has 0 fully saturated rings. The van der Waals surface area contributed by atoms with Crippen LogP contribution in [0, 0.1) is 0 Å². The molecule has 6 heteroatoms. The molecule has 0 radical (unpaired) electrons. The maximum Gasteiger partial charge on any atom is 0.306 e. The van der Waals surface area contributed by atoms with Gasteiger partial charge in [-0.1, -0.05) is 221 Å². The number of hydrogen-bond donors (Lipinski definition) is 3. The van der Waals surface area contributed by atoms with Gasteiger partial charge in [0.05, 0.1) is 25.2 Å². The standard InChI is InChI=1S/C57H97NO5/c1-4-7-10-13-16-19-22-24-26-27-28-29-30-32-35-38-41-44-47-50-57(62)63-53(48-45-42-39-36-33-21-18-15-12-9-6-3)51-56(61)58-54(52-59)55(60)49-46-43-40-37-34-31-25-23-20-17-14-11-8-5-2/h7,9-10,12,15-16,18-19,21,24,26,28-29,32-33,35,53-55,59-60H,4-6,8,11,13-14,17,20,22-23,25,27,30-31,34,36-52H2,1-3H3,(H,58,61)/b10-7-,12-9+,18-15+,19-16-,26-24-,29-28-,33-21-,35-32-. The number of rotatable bonds is 45. The molecular weight excluding hydrogens is 779 g/mol. The van der Waals surface area contributed by atoms with Gasteiger partial charge < -0.3 is 20.3 Å². The van der Waals surface area contributed by atoms with E-state index in [0.29, 0.717) is 19.3 Å². The van der Waals surface area contributed by atoms with Crippen LogP contribution < -0.4 is 5.32 Å². The number of allylic oxidation sites excluding steroid dienone is 16. The molecular formula is C57H97NO5. The van der Waals surface area contributed by atoms with Crippen molar-refractivity contribution >= 4 is 11.9 Å². The normalized spacial score (nSPS) is 14.0. The van der Waals surface area contributed by atoms with Crippen molar-refractivity contribution < 1.29 is 24.5 Å². The predicted octanol–water partition coefficient (Wildman–Crippen LogP) is 15.7. The monoisotopic (exact) mass is 876 g/mol. The van der Waals surface area contributed by atoms with Crippen LogP contribution in [0.4, 0.5) is 0 Å². The molecule has 3 N–H and O–H groups in total. The molecule has 0 saturated heterocycles. The van der Waals surface area contributed by atoms with E-state index in [1.54, 1.807) is 0 Å². The molecule has 360 valence electrons. The summed E-state index contributed by atoms with van der Waals surface area (Å²) in [6, 6.07) is -0.725. The minimum atomic E-state index is -0.808. The summed E-state index contributed by atoms with van der Waals surface area (Å²) in [4.78, 5) is 26.1. The lowest BCUT2D eigenvalue weighted by atomic mass is 10.0. The molecule has 0 aliphatic carbocycles. The zero-order valence-corrected chi connectivity index (χ0v) is 40.9. The van der Waals surface area contributed by atoms with Gasteiger partial charge in [-0.15, -0.1) is 0 Å². The summed E-state index contributed by atoms with van der Waals surface area (Å²) >= 11 is 0. The highest BCUT2D eigenvalue weighted by atomic mass is 16.5. The predicted molar refractivity (Wildman–Crippen MR) is 273 cm³/mol. The number of unbranched alkanes of at least 4 members (excludes halogenated alkanes) is 19. The average Bonchev–Trinajstić information content (AvgIpc) is 3.28. The lowest BCUT2D eigenvalue weighted by molar-refractivity contribution is -0.151. The summed E-state index contributed by atoms with van der Waals surface area (Å²) in [5, 5.41) is 23.8. The molecule has 0 saturated carbocycles. The molecule has 0 aliphatic rings. The van der Waals surface area contributed by atoms with E-state index < -0.39 is 18.2 Å². The average molecular weight is 876 g/mol. The first-order valence-electron chi connectivity index (χ1n) is 26.0. The Morgan fingerprint density at radius 2 is 0.937 bits per heavy atom. The van der Waals surface area contributed by atoms with E-state index in [1.807, 2.05) is 12.2 Å². The van der Waals surface area contributed by atoms with Crippen molar-refractivity contribution in [3.8, 4) is 0 Å². The first-order chi connectivity index (χ1) is 31.0. The molecule has 0 bridgehead atoms. The first kappa shape index (κ1) is 59.8. The van der Waals surface area contributed by atoms with Crippen LogP contribution in [0.5, 0.6) is 0 Å². The fraction of sp³-hybridized carbons (Fsp3) is 0.684. The SMILES string of the molecule is CC/C=C\C/C=C\C/C=C\C/C=C\C/C=C\CCCCCC(=O)OC(CCCCC\C=C/C=C/C=C/CC)CC(=O)NC(CO)C(O)CCCCCCCCCCCCCCCC. The first-order valence-corrected chi connectivity index (χ1v) is 26.0. The number of ether oxygens (including phenoxy) is 1. The Morgan fingerprint density at radius 3 is 1.48 bits per heavy atom. The molecule has 0 rings (SSSR count). The highest BCUT2D eigenvalue weighted by Gasteiger charge is 2.24. The van der Waals surface area contributed by atoms with E-state index in [-0.39, 0.29) is 24.9 Å². The van der Waals surface area contributed by atoms with Gasteiger partial charge in [0, 0.05) is 6.42 Å². The number of esters is 1. The van der Waals surface area contributed by atoms with Crippen molar-refractivity contribution in [1.82, 2.24) is 5.32 Å². The zero-order chi connectivity index (χ0) is 45.9. The maximum absolute atomic E-state index is 13.2. The van der Waals surface area contributed by atoms with Gasteiger partial charge in [-0.2, -0.15) is 0 Å². The van der Waals surface area contributed by atoms with Gasteiger partial charge in [-0.3, -0.25) is 9.59 Å². The number of carbonyl (C=O) groups is 2. The summed E-state index contributed by atoms with van der Waals surface area (Å²) in [5.74, 6) is -0.554. The zero-order valence-electron chi connectivity index (χ0n) is 40.9. The third-order valence-corrected chi connectivity index (χ3v) is 11.2. The molecule has 0 spiro atoms. The number of aliphatic hydroxyl groups excluding tert-OH is 2. The number of amides is 1. The van der Waals surface area contributed by atoms with E-state index in [1.165, 1.54) is 70.6 Å². The Kier molecular flexibility index (Phi) is 47.2. The van der Waals surface area contributed by atoms with Crippen LogP contribution in [-0.4, -0.2) is 46.9 Å². The fourth-order valence-electron chi connectivity index (χ4n) is 7.34. The van der Waals surface area contributed by atoms with E-state index in [0.717, 1.165) is 109 Å². The van der Waals surface area contributed by atoms with E-state index in [2.05, 4.69) is 111 Å². The molecule has 3 atom stereocenters. The quantitative estimate of drug-likeness (QED) is 0.0245. The molecule has 63 heavy (non-hydrogen) atoms. The molecule has 0 heterocycles. The molecule has 0 aliphatic heterocycles. The number of nitrogens with one attached hydrogen (secondary N) is 1. The Morgan fingerprint density at radius 1 is 0.492 bits per heavy atom. The van der Waals surface area contributed by atoms with Crippen LogP contribution in [0.2, 0.25) is 0 Å². The van der Waals surface area contributed by atoms with E-state index in [9.17, 15) is 19.8 Å². The van der Waals surface area contributed by atoms with Gasteiger partial charge in [0.1, 0.15) is 6.10 Å². The molecule has 1 amide bonds. The Hall–Kier alpha value is -3.22. The van der Waals surface area contributed by atoms with Crippen molar-refractivity contribution in [1.29, 1.82) is 0 Å². The Bertz CT molecular complexity index is 1260. The van der Waals surface area contributed by atoms with E-state index >= 15 is 0 Å². The highest BCUT2D eigenvalue weighted by molar-refractivity contribution is 5.77. The maximum atomic E-state index is 13.2. The van der Waals surface area contributed by atoms with Crippen LogP contribution in [-0.2, 0) is 14.3 Å². The third-order valence-electron chi connectivity index (χ3n) is 11.2. The van der Waals surface area contributed by atoms with Crippen LogP contribution >= 0.6 is 0 Å². The topological polar surface area (TPSA) is 95.9 Å². The Balaban J connectivity index is 4.62. The lowest BCUT2D eigenvalue weighted by Gasteiger charge is -2.24. The summed E-state index contributed by atoms with van der Waals surface area (Å²) in [6.45, 7) is 6.21.